The van der Waals surface area contributed by atoms with Crippen molar-refractivity contribution in [3.63, 3.8) is 0 Å². The van der Waals surface area contributed by atoms with Gasteiger partial charge in [-0.1, -0.05) is 6.07 Å². The van der Waals surface area contributed by atoms with Crippen LogP contribution >= 0.6 is 12.4 Å². The Morgan fingerprint density at radius 1 is 1.47 bits per heavy atom. The summed E-state index contributed by atoms with van der Waals surface area (Å²) in [5, 5.41) is 9.39. The summed E-state index contributed by atoms with van der Waals surface area (Å²) in [6.07, 6.45) is -2.72. The van der Waals surface area contributed by atoms with Crippen LogP contribution in [0.1, 0.15) is 18.5 Å². The molecule has 0 radical (unpaired) electrons. The van der Waals surface area contributed by atoms with Gasteiger partial charge in [-0.3, -0.25) is 4.79 Å². The van der Waals surface area contributed by atoms with Crippen LogP contribution in [0.15, 0.2) is 18.2 Å². The molecule has 1 rings (SSSR count). The number of benzene rings is 1. The van der Waals surface area contributed by atoms with Crippen LogP contribution in [0.4, 0.5) is 8.78 Å². The third kappa shape index (κ3) is 4.16. The fraction of sp³-hybridized carbons (Fsp3) is 0.300. The minimum absolute atomic E-state index is 0. The zero-order valence-electron chi connectivity index (χ0n) is 8.89. The van der Waals surface area contributed by atoms with Gasteiger partial charge in [-0.15, -0.1) is 12.4 Å². The van der Waals surface area contributed by atoms with Gasteiger partial charge in [0, 0.05) is 6.92 Å². The minimum atomic E-state index is -2.72. The Morgan fingerprint density at radius 2 is 2.06 bits per heavy atom. The quantitative estimate of drug-likeness (QED) is 0.649. The number of carbonyl (C=O) groups is 1. The zero-order chi connectivity index (χ0) is 12.3. The molecule has 0 aromatic heterocycles. The van der Waals surface area contributed by atoms with Crippen LogP contribution in [0.5, 0.6) is 11.5 Å². The average molecular weight is 268 g/mol. The van der Waals surface area contributed by atoms with Crippen LogP contribution in [-0.4, -0.2) is 17.5 Å². The van der Waals surface area contributed by atoms with Gasteiger partial charge in [0.05, 0.1) is 6.04 Å². The van der Waals surface area contributed by atoms with Gasteiger partial charge in [0.1, 0.15) is 0 Å². The van der Waals surface area contributed by atoms with E-state index in [9.17, 15) is 18.7 Å². The second-order valence-electron chi connectivity index (χ2n) is 3.18. The number of aromatic hydroxyl groups is 1. The lowest BCUT2D eigenvalue weighted by Gasteiger charge is -2.12. The largest absolute Gasteiger partial charge is 0.504 e. The Kier molecular flexibility index (Phi) is 5.84. The van der Waals surface area contributed by atoms with Gasteiger partial charge in [0.25, 0.3) is 6.43 Å². The van der Waals surface area contributed by atoms with Crippen LogP contribution in [0, 0.1) is 0 Å². The van der Waals surface area contributed by atoms with Crippen molar-refractivity contribution in [2.75, 3.05) is 0 Å². The molecule has 1 aromatic rings. The number of hydrogen-bond acceptors (Lipinski definition) is 4. The first kappa shape index (κ1) is 15.6. The van der Waals surface area contributed by atoms with E-state index in [0.29, 0.717) is 0 Å². The molecule has 0 spiro atoms. The van der Waals surface area contributed by atoms with Crippen molar-refractivity contribution in [3.8, 4) is 11.5 Å². The highest BCUT2D eigenvalue weighted by Gasteiger charge is 2.19. The van der Waals surface area contributed by atoms with Crippen molar-refractivity contribution >= 4 is 18.4 Å². The van der Waals surface area contributed by atoms with Gasteiger partial charge in [-0.2, -0.15) is 0 Å². The highest BCUT2D eigenvalue weighted by atomic mass is 35.5. The molecule has 0 saturated heterocycles. The number of esters is 1. The van der Waals surface area contributed by atoms with E-state index in [1.165, 1.54) is 12.1 Å². The molecule has 0 unspecified atom stereocenters. The number of carbonyl (C=O) groups excluding carboxylic acids is 1. The van der Waals surface area contributed by atoms with Crippen molar-refractivity contribution in [1.82, 2.24) is 0 Å². The maximum atomic E-state index is 12.3. The van der Waals surface area contributed by atoms with E-state index in [2.05, 4.69) is 4.74 Å². The van der Waals surface area contributed by atoms with Crippen LogP contribution in [0.3, 0.4) is 0 Å². The van der Waals surface area contributed by atoms with Crippen molar-refractivity contribution in [1.29, 1.82) is 0 Å². The van der Waals surface area contributed by atoms with E-state index >= 15 is 0 Å². The standard InChI is InChI=1S/C10H11F2NO3.ClH/c1-5(14)16-8-3-2-6(4-7(8)15)9(13)10(11)12;/h2-4,9-10,15H,13H2,1H3;1H/t9-;/m1./s1. The summed E-state index contributed by atoms with van der Waals surface area (Å²) in [5.74, 6) is -1.09. The number of hydrogen-bond donors (Lipinski definition) is 2. The molecule has 0 aliphatic rings. The fourth-order valence-electron chi connectivity index (χ4n) is 1.13. The van der Waals surface area contributed by atoms with Gasteiger partial charge < -0.3 is 15.6 Å². The summed E-state index contributed by atoms with van der Waals surface area (Å²) >= 11 is 0. The van der Waals surface area contributed by atoms with E-state index in [-0.39, 0.29) is 23.7 Å². The zero-order valence-corrected chi connectivity index (χ0v) is 9.71. The molecule has 96 valence electrons. The monoisotopic (exact) mass is 267 g/mol. The molecular weight excluding hydrogens is 256 g/mol. The van der Waals surface area contributed by atoms with Crippen molar-refractivity contribution in [2.45, 2.75) is 19.4 Å². The molecule has 1 aromatic carbocycles. The minimum Gasteiger partial charge on any atom is -0.504 e. The maximum absolute atomic E-state index is 12.3. The molecule has 0 heterocycles. The Morgan fingerprint density at radius 3 is 2.47 bits per heavy atom. The summed E-state index contributed by atoms with van der Waals surface area (Å²) in [6, 6.07) is 2.07. The first-order valence-electron chi connectivity index (χ1n) is 4.47. The van der Waals surface area contributed by atoms with E-state index < -0.39 is 24.2 Å². The van der Waals surface area contributed by atoms with Gasteiger partial charge in [-0.05, 0) is 17.7 Å². The summed E-state index contributed by atoms with van der Waals surface area (Å²) in [7, 11) is 0. The van der Waals surface area contributed by atoms with Crippen molar-refractivity contribution in [2.24, 2.45) is 5.73 Å². The molecule has 0 saturated carbocycles. The smallest absolute Gasteiger partial charge is 0.308 e. The number of rotatable bonds is 3. The highest BCUT2D eigenvalue weighted by molar-refractivity contribution is 5.85. The van der Waals surface area contributed by atoms with Gasteiger partial charge >= 0.3 is 5.97 Å². The Balaban J connectivity index is 0.00000256. The number of phenols is 1. The molecule has 4 nitrogen and oxygen atoms in total. The molecule has 0 fully saturated rings. The van der Waals surface area contributed by atoms with Crippen LogP contribution in [-0.2, 0) is 4.79 Å². The molecule has 3 N–H and O–H groups in total. The van der Waals surface area contributed by atoms with Crippen LogP contribution in [0.25, 0.3) is 0 Å². The lowest BCUT2D eigenvalue weighted by atomic mass is 10.1. The van der Waals surface area contributed by atoms with E-state index in [4.69, 9.17) is 5.73 Å². The molecule has 17 heavy (non-hydrogen) atoms. The number of ether oxygens (including phenoxy) is 1. The summed E-state index contributed by atoms with van der Waals surface area (Å²) in [5.41, 5.74) is 5.26. The van der Waals surface area contributed by atoms with Crippen LogP contribution in [0.2, 0.25) is 0 Å². The second kappa shape index (κ2) is 6.36. The number of halogens is 3. The van der Waals surface area contributed by atoms with Gasteiger partial charge in [-0.25, -0.2) is 8.78 Å². The first-order valence-corrected chi connectivity index (χ1v) is 4.47. The number of alkyl halides is 2. The number of phenolic OH excluding ortho intramolecular Hbond substituents is 1. The highest BCUT2D eigenvalue weighted by Crippen LogP contribution is 2.30. The maximum Gasteiger partial charge on any atom is 0.308 e. The van der Waals surface area contributed by atoms with Gasteiger partial charge in [0.15, 0.2) is 11.5 Å². The van der Waals surface area contributed by atoms with Gasteiger partial charge in [0.2, 0.25) is 0 Å². The molecular formula is C10H12ClF2NO3. The summed E-state index contributed by atoms with van der Waals surface area (Å²) in [4.78, 5) is 10.6. The van der Waals surface area contributed by atoms with Crippen molar-refractivity contribution < 1.29 is 23.4 Å². The summed E-state index contributed by atoms with van der Waals surface area (Å²) in [6.45, 7) is 1.16. The SMILES string of the molecule is CC(=O)Oc1ccc([C@@H](N)C(F)F)cc1O.Cl. The normalized spacial score (nSPS) is 11.8. The third-order valence-corrected chi connectivity index (χ3v) is 1.89. The predicted octanol–water partition coefficient (Wildman–Crippen LogP) is 2.00. The molecule has 0 bridgehead atoms. The average Bonchev–Trinajstić information content (AvgIpc) is 2.19. The molecule has 0 aliphatic heterocycles. The molecule has 0 aliphatic carbocycles. The third-order valence-electron chi connectivity index (χ3n) is 1.89. The number of nitrogens with two attached hydrogens (primary N) is 1. The van der Waals surface area contributed by atoms with E-state index in [1.807, 2.05) is 0 Å². The molecule has 0 amide bonds. The molecule has 1 atom stereocenters. The lowest BCUT2D eigenvalue weighted by Crippen LogP contribution is -2.18. The van der Waals surface area contributed by atoms with E-state index in [1.54, 1.807) is 0 Å². The summed E-state index contributed by atoms with van der Waals surface area (Å²) < 4.78 is 29.2. The van der Waals surface area contributed by atoms with E-state index in [0.717, 1.165) is 13.0 Å². The topological polar surface area (TPSA) is 72.5 Å². The Hall–Kier alpha value is -1.40. The fourth-order valence-corrected chi connectivity index (χ4v) is 1.13. The Labute approximate surface area is 103 Å². The lowest BCUT2D eigenvalue weighted by molar-refractivity contribution is -0.132. The molecule has 7 heteroatoms. The Bertz CT molecular complexity index is 401. The second-order valence-corrected chi connectivity index (χ2v) is 3.18. The van der Waals surface area contributed by atoms with Crippen molar-refractivity contribution in [3.05, 3.63) is 23.8 Å². The predicted molar refractivity (Wildman–Crippen MR) is 59.6 cm³/mol. The van der Waals surface area contributed by atoms with Crippen LogP contribution < -0.4 is 10.5 Å². The first-order chi connectivity index (χ1) is 7.41.